The lowest BCUT2D eigenvalue weighted by molar-refractivity contribution is 0.102. The third kappa shape index (κ3) is 5.85. The van der Waals surface area contributed by atoms with Crippen LogP contribution in [0.2, 0.25) is 0 Å². The van der Waals surface area contributed by atoms with E-state index in [-0.39, 0.29) is 23.5 Å². The second-order valence-electron chi connectivity index (χ2n) is 6.94. The second-order valence-corrected chi connectivity index (χ2v) is 8.87. The third-order valence-corrected chi connectivity index (χ3v) is 6.63. The highest BCUT2D eigenvalue weighted by Gasteiger charge is 2.24. The van der Waals surface area contributed by atoms with Gasteiger partial charge >= 0.3 is 0 Å². The van der Waals surface area contributed by atoms with E-state index >= 15 is 0 Å². The number of anilines is 1. The van der Waals surface area contributed by atoms with Gasteiger partial charge in [0.15, 0.2) is 0 Å². The molecule has 0 aliphatic carbocycles. The van der Waals surface area contributed by atoms with Crippen molar-refractivity contribution in [3.05, 3.63) is 59.4 Å². The van der Waals surface area contributed by atoms with E-state index in [2.05, 4.69) is 10.2 Å². The van der Waals surface area contributed by atoms with E-state index in [1.807, 2.05) is 26.2 Å². The van der Waals surface area contributed by atoms with E-state index in [4.69, 9.17) is 0 Å². The minimum atomic E-state index is -3.78. The summed E-state index contributed by atoms with van der Waals surface area (Å²) < 4.78 is 40.8. The molecule has 0 saturated carbocycles. The molecule has 0 radical (unpaired) electrons. The van der Waals surface area contributed by atoms with E-state index in [0.717, 1.165) is 30.7 Å². The summed E-state index contributed by atoms with van der Waals surface area (Å²) >= 11 is 0. The predicted octanol–water partition coefficient (Wildman–Crippen LogP) is 3.21. The van der Waals surface area contributed by atoms with Crippen LogP contribution in [0, 0.1) is 5.82 Å². The first-order valence-electron chi connectivity index (χ1n) is 9.53. The van der Waals surface area contributed by atoms with Crippen molar-refractivity contribution in [3.63, 3.8) is 0 Å². The molecule has 0 heterocycles. The van der Waals surface area contributed by atoms with E-state index < -0.39 is 21.7 Å². The molecule has 6 nitrogen and oxygen atoms in total. The van der Waals surface area contributed by atoms with Crippen LogP contribution in [0.5, 0.6) is 0 Å². The van der Waals surface area contributed by atoms with Crippen molar-refractivity contribution in [3.8, 4) is 0 Å². The lowest BCUT2D eigenvalue weighted by atomic mass is 10.1. The Morgan fingerprint density at radius 3 is 2.21 bits per heavy atom. The van der Waals surface area contributed by atoms with Gasteiger partial charge in [0.1, 0.15) is 5.82 Å². The number of carbonyl (C=O) groups is 1. The van der Waals surface area contributed by atoms with E-state index in [1.165, 1.54) is 10.4 Å². The number of nitrogens with zero attached hydrogens (tertiary/aromatic N) is 2. The van der Waals surface area contributed by atoms with Crippen molar-refractivity contribution in [1.82, 2.24) is 9.21 Å². The molecule has 0 unspecified atom stereocenters. The molecule has 29 heavy (non-hydrogen) atoms. The largest absolute Gasteiger partial charge is 0.322 e. The minimum Gasteiger partial charge on any atom is -0.322 e. The maximum atomic E-state index is 14.2. The van der Waals surface area contributed by atoms with Gasteiger partial charge < -0.3 is 10.2 Å². The summed E-state index contributed by atoms with van der Waals surface area (Å²) in [5, 5.41) is 2.63. The van der Waals surface area contributed by atoms with Gasteiger partial charge in [-0.2, -0.15) is 4.31 Å². The number of halogens is 1. The van der Waals surface area contributed by atoms with Gasteiger partial charge in [0.2, 0.25) is 10.0 Å². The number of benzene rings is 2. The Hall–Kier alpha value is -2.29. The molecular weight excluding hydrogens is 393 g/mol. The van der Waals surface area contributed by atoms with Crippen LogP contribution in [0.4, 0.5) is 10.1 Å². The van der Waals surface area contributed by atoms with Gasteiger partial charge in [0.25, 0.3) is 5.91 Å². The molecular formula is C21H28FN3O3S. The van der Waals surface area contributed by atoms with Gasteiger partial charge in [-0.25, -0.2) is 12.8 Å². The Labute approximate surface area is 172 Å². The Kier molecular flexibility index (Phi) is 7.89. The normalized spacial score (nSPS) is 11.8. The number of hydrogen-bond donors (Lipinski definition) is 1. The zero-order chi connectivity index (χ0) is 21.6. The summed E-state index contributed by atoms with van der Waals surface area (Å²) in [4.78, 5) is 14.5. The lowest BCUT2D eigenvalue weighted by Crippen LogP contribution is -2.31. The number of carbonyl (C=O) groups excluding carboxylic acids is 1. The summed E-state index contributed by atoms with van der Waals surface area (Å²) in [6.07, 6.45) is 0.876. The van der Waals surface area contributed by atoms with Gasteiger partial charge in [-0.3, -0.25) is 4.79 Å². The van der Waals surface area contributed by atoms with Crippen LogP contribution in [-0.4, -0.2) is 57.3 Å². The van der Waals surface area contributed by atoms with Crippen molar-refractivity contribution in [1.29, 1.82) is 0 Å². The smallest absolute Gasteiger partial charge is 0.258 e. The minimum absolute atomic E-state index is 0.105. The number of hydrogen-bond acceptors (Lipinski definition) is 4. The van der Waals surface area contributed by atoms with Crippen LogP contribution in [0.15, 0.2) is 47.4 Å². The van der Waals surface area contributed by atoms with E-state index in [9.17, 15) is 17.6 Å². The van der Waals surface area contributed by atoms with Gasteiger partial charge in [-0.15, -0.1) is 0 Å². The maximum absolute atomic E-state index is 14.2. The first-order valence-corrected chi connectivity index (χ1v) is 11.0. The second kappa shape index (κ2) is 9.96. The standard InChI is InChI=1S/C21H28FN3O3S/c1-5-25(6-2)29(27,28)18-11-12-20(22)19(15-18)21(26)23-17-9-7-16(8-10-17)13-14-24(3)4/h7-12,15H,5-6,13-14H2,1-4H3,(H,23,26). The molecule has 2 aromatic carbocycles. The average molecular weight is 422 g/mol. The maximum Gasteiger partial charge on any atom is 0.258 e. The quantitative estimate of drug-likeness (QED) is 0.675. The first kappa shape index (κ1) is 23.0. The molecule has 2 rings (SSSR count). The summed E-state index contributed by atoms with van der Waals surface area (Å²) in [6, 6.07) is 10.6. The molecule has 0 saturated heterocycles. The zero-order valence-corrected chi connectivity index (χ0v) is 18.1. The molecule has 8 heteroatoms. The molecule has 0 bridgehead atoms. The molecule has 1 N–H and O–H groups in total. The molecule has 158 valence electrons. The fourth-order valence-corrected chi connectivity index (χ4v) is 4.34. The highest BCUT2D eigenvalue weighted by molar-refractivity contribution is 7.89. The highest BCUT2D eigenvalue weighted by Crippen LogP contribution is 2.20. The molecule has 0 atom stereocenters. The van der Waals surface area contributed by atoms with Gasteiger partial charge in [0.05, 0.1) is 10.5 Å². The molecule has 0 aromatic heterocycles. The van der Waals surface area contributed by atoms with Crippen LogP contribution in [0.25, 0.3) is 0 Å². The van der Waals surface area contributed by atoms with Gasteiger partial charge in [0, 0.05) is 25.3 Å². The van der Waals surface area contributed by atoms with Crippen LogP contribution < -0.4 is 5.32 Å². The average Bonchev–Trinajstić information content (AvgIpc) is 2.68. The van der Waals surface area contributed by atoms with Gasteiger partial charge in [-0.1, -0.05) is 26.0 Å². The molecule has 2 aromatic rings. The number of nitrogens with one attached hydrogen (secondary N) is 1. The molecule has 0 aliphatic heterocycles. The Morgan fingerprint density at radius 1 is 1.03 bits per heavy atom. The molecule has 0 aliphatic rings. The zero-order valence-electron chi connectivity index (χ0n) is 17.3. The van der Waals surface area contributed by atoms with E-state index in [1.54, 1.807) is 26.0 Å². The Balaban J connectivity index is 2.21. The van der Waals surface area contributed by atoms with Crippen molar-refractivity contribution >= 4 is 21.6 Å². The molecule has 0 spiro atoms. The van der Waals surface area contributed by atoms with E-state index in [0.29, 0.717) is 5.69 Å². The number of amides is 1. The Morgan fingerprint density at radius 2 is 1.66 bits per heavy atom. The van der Waals surface area contributed by atoms with Crippen molar-refractivity contribution < 1.29 is 17.6 Å². The van der Waals surface area contributed by atoms with Crippen LogP contribution >= 0.6 is 0 Å². The van der Waals surface area contributed by atoms with Crippen molar-refractivity contribution in [2.45, 2.75) is 25.2 Å². The Bertz CT molecular complexity index is 940. The lowest BCUT2D eigenvalue weighted by Gasteiger charge is -2.19. The molecule has 1 amide bonds. The highest BCUT2D eigenvalue weighted by atomic mass is 32.2. The summed E-state index contributed by atoms with van der Waals surface area (Å²) in [7, 11) is 0.212. The fourth-order valence-electron chi connectivity index (χ4n) is 2.86. The van der Waals surface area contributed by atoms with Crippen LogP contribution in [0.1, 0.15) is 29.8 Å². The van der Waals surface area contributed by atoms with Crippen LogP contribution in [0.3, 0.4) is 0 Å². The molecule has 0 fully saturated rings. The SMILES string of the molecule is CCN(CC)S(=O)(=O)c1ccc(F)c(C(=O)Nc2ccc(CCN(C)C)cc2)c1. The predicted molar refractivity (Wildman–Crippen MR) is 113 cm³/mol. The summed E-state index contributed by atoms with van der Waals surface area (Å²) in [5.74, 6) is -1.47. The summed E-state index contributed by atoms with van der Waals surface area (Å²) in [5.41, 5.74) is 1.32. The fraction of sp³-hybridized carbons (Fsp3) is 0.381. The summed E-state index contributed by atoms with van der Waals surface area (Å²) in [6.45, 7) is 4.93. The van der Waals surface area contributed by atoms with Crippen molar-refractivity contribution in [2.75, 3.05) is 39.0 Å². The first-order chi connectivity index (χ1) is 13.7. The topological polar surface area (TPSA) is 69.7 Å². The number of rotatable bonds is 9. The monoisotopic (exact) mass is 421 g/mol. The number of sulfonamides is 1. The number of likely N-dealkylation sites (N-methyl/N-ethyl adjacent to an activating group) is 1. The van der Waals surface area contributed by atoms with Crippen LogP contribution in [-0.2, 0) is 16.4 Å². The third-order valence-electron chi connectivity index (χ3n) is 4.59. The van der Waals surface area contributed by atoms with Gasteiger partial charge in [-0.05, 0) is 56.4 Å². The van der Waals surface area contributed by atoms with Crippen molar-refractivity contribution in [2.24, 2.45) is 0 Å².